The fourth-order valence-electron chi connectivity index (χ4n) is 3.53. The third-order valence-electron chi connectivity index (χ3n) is 5.77. The van der Waals surface area contributed by atoms with Crippen LogP contribution in [0.1, 0.15) is 32.1 Å². The lowest BCUT2D eigenvalue weighted by molar-refractivity contribution is -0.256. The molecule has 12 nitrogen and oxygen atoms in total. The van der Waals surface area contributed by atoms with Crippen molar-refractivity contribution in [3.63, 3.8) is 0 Å². The van der Waals surface area contributed by atoms with E-state index in [2.05, 4.69) is 9.97 Å². The van der Waals surface area contributed by atoms with E-state index in [1.54, 1.807) is 5.32 Å². The number of aliphatic carboxylic acids is 1. The minimum absolute atomic E-state index is 0.0901. The number of nitriles is 1. The zero-order valence-electron chi connectivity index (χ0n) is 25.1. The number of fused-ring (bicyclic) bond motifs is 1. The maximum atomic E-state index is 14.0. The fourth-order valence-corrected chi connectivity index (χ4v) is 3.53. The van der Waals surface area contributed by atoms with E-state index in [0.717, 1.165) is 40.3 Å². The zero-order valence-corrected chi connectivity index (χ0v) is 22.1. The van der Waals surface area contributed by atoms with Crippen molar-refractivity contribution in [2.24, 2.45) is 0 Å². The van der Waals surface area contributed by atoms with E-state index in [4.69, 9.17) is 25.0 Å². The number of rotatable bonds is 6. The molecule has 244 valence electrons. The number of hydrogen-bond donors (Lipinski definition) is 5. The van der Waals surface area contributed by atoms with Crippen molar-refractivity contribution in [3.8, 4) is 17.3 Å². The second-order valence-electron chi connectivity index (χ2n) is 8.77. The van der Waals surface area contributed by atoms with Crippen molar-refractivity contribution in [2.75, 3.05) is 12.7 Å². The van der Waals surface area contributed by atoms with Crippen molar-refractivity contribution in [1.29, 1.82) is 5.26 Å². The van der Waals surface area contributed by atoms with Crippen molar-refractivity contribution in [1.82, 2.24) is 25.0 Å². The Kier molecular flexibility index (Phi) is 8.94. The van der Waals surface area contributed by atoms with Gasteiger partial charge in [-0.15, -0.1) is 0 Å². The molecule has 0 aliphatic rings. The van der Waals surface area contributed by atoms with Crippen LogP contribution in [0.4, 0.5) is 45.3 Å². The molecular formula is C24H20F9N7O5. The van der Waals surface area contributed by atoms with Gasteiger partial charge in [-0.25, -0.2) is 14.8 Å². The third kappa shape index (κ3) is 7.69. The summed E-state index contributed by atoms with van der Waals surface area (Å²) in [6, 6.07) is 1.31. The van der Waals surface area contributed by atoms with Gasteiger partial charge in [-0.05, 0) is 18.6 Å². The number of nitrogen functional groups attached to an aromatic ring is 1. The van der Waals surface area contributed by atoms with E-state index in [1.807, 2.05) is 0 Å². The Labute approximate surface area is 249 Å². The monoisotopic (exact) mass is 660 g/mol. The van der Waals surface area contributed by atoms with Crippen LogP contribution in [0.2, 0.25) is 0 Å². The Morgan fingerprint density at radius 1 is 1.16 bits per heavy atom. The number of carboxylic acids is 1. The van der Waals surface area contributed by atoms with E-state index in [-0.39, 0.29) is 22.5 Å². The average Bonchev–Trinajstić information content (AvgIpc) is 3.34. The van der Waals surface area contributed by atoms with E-state index in [9.17, 15) is 54.2 Å². The molecule has 2 unspecified atom stereocenters. The summed E-state index contributed by atoms with van der Waals surface area (Å²) in [4.78, 5) is 41.5. The standard InChI is InChI=1S/C22H19F6N7O3.C2HF3O2/c1-10-3-4-11(20(38,19(37)31-2)22(26,27)28)7-12(10)14-8-32-17-16(30)33-13(9-35(14)17)18(36)34-15(5-6-29)21(23,24)25;3-2(4,5)1(6)7/h3-4,7-9,15,38H,5H2,1-2H3,(H2,30,33)(H,31,37)(H,34,36);(H,6,7)/i2D3;. The molecule has 2 heterocycles. The first-order valence-electron chi connectivity index (χ1n) is 13.1. The largest absolute Gasteiger partial charge is 0.490 e. The topological polar surface area (TPSA) is 196 Å². The number of imidazole rings is 1. The molecular weight excluding hydrogens is 637 g/mol. The maximum Gasteiger partial charge on any atom is 0.490 e. The van der Waals surface area contributed by atoms with Gasteiger partial charge in [0.05, 0.1) is 24.4 Å². The van der Waals surface area contributed by atoms with Crippen LogP contribution in [0.25, 0.3) is 16.9 Å². The number of alkyl halides is 9. The van der Waals surface area contributed by atoms with Gasteiger partial charge in [0.25, 0.3) is 17.4 Å². The van der Waals surface area contributed by atoms with Gasteiger partial charge >= 0.3 is 24.5 Å². The van der Waals surface area contributed by atoms with Crippen molar-refractivity contribution in [2.45, 2.75) is 43.5 Å². The molecule has 6 N–H and O–H groups in total. The van der Waals surface area contributed by atoms with Crippen LogP contribution >= 0.6 is 0 Å². The first-order chi connectivity index (χ1) is 21.6. The number of anilines is 1. The number of amides is 2. The molecule has 0 saturated heterocycles. The molecule has 2 amide bonds. The maximum absolute atomic E-state index is 14.0. The molecule has 0 spiro atoms. The highest BCUT2D eigenvalue weighted by Gasteiger charge is 2.60. The summed E-state index contributed by atoms with van der Waals surface area (Å²) in [5.74, 6) is -6.87. The number of halogens is 9. The summed E-state index contributed by atoms with van der Waals surface area (Å²) >= 11 is 0. The van der Waals surface area contributed by atoms with Crippen molar-refractivity contribution in [3.05, 3.63) is 47.4 Å². The molecule has 3 rings (SSSR count). The molecule has 0 aliphatic carbocycles. The lowest BCUT2D eigenvalue weighted by Gasteiger charge is -2.29. The highest BCUT2D eigenvalue weighted by atomic mass is 19.4. The smallest absolute Gasteiger partial charge is 0.475 e. The molecule has 0 radical (unpaired) electrons. The number of aromatic nitrogens is 3. The zero-order chi connectivity index (χ0) is 37.2. The minimum atomic E-state index is -5.69. The lowest BCUT2D eigenvalue weighted by Crippen LogP contribution is -2.53. The van der Waals surface area contributed by atoms with Gasteiger partial charge in [0.2, 0.25) is 0 Å². The Morgan fingerprint density at radius 2 is 1.76 bits per heavy atom. The van der Waals surface area contributed by atoms with Crippen LogP contribution in [0, 0.1) is 18.3 Å². The average molecular weight is 660 g/mol. The summed E-state index contributed by atoms with van der Waals surface area (Å²) < 4.78 is 135. The first kappa shape index (κ1) is 31.3. The summed E-state index contributed by atoms with van der Waals surface area (Å²) in [6.07, 6.45) is -14.9. The Hall–Kier alpha value is -5.13. The number of carbonyl (C=O) groups excluding carboxylic acids is 2. The number of nitrogens with one attached hydrogen (secondary N) is 2. The Bertz CT molecular complexity index is 1750. The predicted octanol–water partition coefficient (Wildman–Crippen LogP) is 2.99. The quantitative estimate of drug-likeness (QED) is 0.247. The first-order valence-corrected chi connectivity index (χ1v) is 11.6. The third-order valence-corrected chi connectivity index (χ3v) is 5.77. The van der Waals surface area contributed by atoms with Gasteiger partial charge < -0.3 is 26.6 Å². The van der Waals surface area contributed by atoms with Gasteiger partial charge in [-0.3, -0.25) is 14.0 Å². The number of aliphatic hydroxyl groups is 1. The molecule has 0 aliphatic heterocycles. The number of carbonyl (C=O) groups is 3. The van der Waals surface area contributed by atoms with Gasteiger partial charge in [-0.1, -0.05) is 12.1 Å². The van der Waals surface area contributed by atoms with Gasteiger partial charge in [0.15, 0.2) is 11.5 Å². The van der Waals surface area contributed by atoms with Gasteiger partial charge in [0.1, 0.15) is 11.7 Å². The highest BCUT2D eigenvalue weighted by molar-refractivity contribution is 5.93. The summed E-state index contributed by atoms with van der Waals surface area (Å²) in [5, 5.41) is 29.1. The van der Waals surface area contributed by atoms with E-state index in [1.165, 1.54) is 13.0 Å². The molecule has 0 fully saturated rings. The second-order valence-corrected chi connectivity index (χ2v) is 8.77. The molecule has 3 aromatic rings. The van der Waals surface area contributed by atoms with Gasteiger partial charge in [-0.2, -0.15) is 44.8 Å². The number of carboxylic acid groups (broad SMARTS) is 1. The second kappa shape index (κ2) is 12.8. The molecule has 2 atom stereocenters. The summed E-state index contributed by atoms with van der Waals surface area (Å²) in [6.45, 7) is -1.95. The molecule has 0 saturated carbocycles. The van der Waals surface area contributed by atoms with Crippen molar-refractivity contribution < 1.29 is 68.2 Å². The van der Waals surface area contributed by atoms with Crippen LogP contribution in [-0.4, -0.2) is 73.9 Å². The number of likely N-dealkylation sites (N-methyl/N-ethyl adjacent to an activating group) is 1. The van der Waals surface area contributed by atoms with Crippen LogP contribution in [0.15, 0.2) is 30.6 Å². The predicted molar refractivity (Wildman–Crippen MR) is 133 cm³/mol. The SMILES string of the molecule is O=C(O)C(F)(F)F.[2H]C([2H])([2H])NC(=O)C(O)(c1ccc(C)c(-c2cnc3c(N)nc(C(=O)NC(CC#N)C(F)(F)F)cn23)c1)C(F)(F)F. The molecule has 0 bridgehead atoms. The van der Waals surface area contributed by atoms with Crippen molar-refractivity contribution >= 4 is 29.2 Å². The fraction of sp³-hybridized carbons (Fsp3) is 0.333. The summed E-state index contributed by atoms with van der Waals surface area (Å²) in [7, 11) is 0. The van der Waals surface area contributed by atoms with Crippen LogP contribution in [-0.2, 0) is 15.2 Å². The number of aryl methyl sites for hydroxylation is 1. The van der Waals surface area contributed by atoms with E-state index >= 15 is 0 Å². The number of benzene rings is 1. The molecule has 2 aromatic heterocycles. The number of nitrogens with two attached hydrogens (primary N) is 1. The van der Waals surface area contributed by atoms with Crippen LogP contribution < -0.4 is 16.4 Å². The Morgan fingerprint density at radius 3 is 2.24 bits per heavy atom. The molecule has 1 aromatic carbocycles. The van der Waals surface area contributed by atoms with Crippen LogP contribution in [0.3, 0.4) is 0 Å². The van der Waals surface area contributed by atoms with E-state index < -0.39 is 78.4 Å². The summed E-state index contributed by atoms with van der Waals surface area (Å²) in [5.41, 5.74) is -0.373. The van der Waals surface area contributed by atoms with E-state index in [0.29, 0.717) is 0 Å². The van der Waals surface area contributed by atoms with Crippen LogP contribution in [0.5, 0.6) is 0 Å². The molecule has 45 heavy (non-hydrogen) atoms. The van der Waals surface area contributed by atoms with Gasteiger partial charge in [0, 0.05) is 28.4 Å². The Balaban J connectivity index is 0.00000103. The molecule has 21 heteroatoms. The normalized spacial score (nSPS) is 15.2. The minimum Gasteiger partial charge on any atom is -0.475 e. The lowest BCUT2D eigenvalue weighted by atomic mass is 9.89. The highest BCUT2D eigenvalue weighted by Crippen LogP contribution is 2.41. The number of nitrogens with zero attached hydrogens (tertiary/aromatic N) is 4. The number of hydrogen-bond acceptors (Lipinski definition) is 8.